The third kappa shape index (κ3) is 2.35. The first-order chi connectivity index (χ1) is 7.25. The lowest BCUT2D eigenvalue weighted by molar-refractivity contribution is 0.102. The average Bonchev–Trinajstić information content (AvgIpc) is 2.71. The van der Waals surface area contributed by atoms with E-state index in [0.29, 0.717) is 10.6 Å². The largest absolute Gasteiger partial charge is 0.311 e. The molecule has 0 bridgehead atoms. The van der Waals surface area contributed by atoms with Gasteiger partial charge in [-0.05, 0) is 24.3 Å². The van der Waals surface area contributed by atoms with Crippen molar-refractivity contribution >= 4 is 22.4 Å². The minimum atomic E-state index is -0.369. The lowest BCUT2D eigenvalue weighted by Gasteiger charge is -2.00. The number of anilines is 1. The van der Waals surface area contributed by atoms with Crippen molar-refractivity contribution in [2.75, 3.05) is 5.32 Å². The van der Waals surface area contributed by atoms with Crippen molar-refractivity contribution in [3.8, 4) is 0 Å². The molecule has 4 nitrogen and oxygen atoms in total. The molecule has 76 valence electrons. The minimum absolute atomic E-state index is 0.305. The average molecular weight is 223 g/mol. The van der Waals surface area contributed by atoms with Crippen molar-refractivity contribution in [3.63, 3.8) is 0 Å². The fourth-order valence-electron chi connectivity index (χ4n) is 1.01. The summed E-state index contributed by atoms with van der Waals surface area (Å²) in [5, 5.41) is 6.73. The number of nitrogens with one attached hydrogen (secondary N) is 1. The van der Waals surface area contributed by atoms with Gasteiger partial charge >= 0.3 is 0 Å². The molecular formula is C9H6FN3OS. The standard InChI is InChI=1S/C9H6FN3OS/c10-7-3-1-6(2-4-7)9(14)12-8-5-11-13-15-8/h1-5H,(H,12,14). The van der Waals surface area contributed by atoms with Gasteiger partial charge in [0.1, 0.15) is 10.8 Å². The smallest absolute Gasteiger partial charge is 0.256 e. The Kier molecular flexibility index (Phi) is 2.68. The Bertz CT molecular complexity index is 455. The van der Waals surface area contributed by atoms with Crippen molar-refractivity contribution in [2.45, 2.75) is 0 Å². The summed E-state index contributed by atoms with van der Waals surface area (Å²) in [7, 11) is 0. The Labute approximate surface area is 88.9 Å². The van der Waals surface area contributed by atoms with Crippen LogP contribution in [-0.2, 0) is 0 Å². The van der Waals surface area contributed by atoms with Crippen LogP contribution in [0.3, 0.4) is 0 Å². The lowest BCUT2D eigenvalue weighted by atomic mass is 10.2. The molecule has 1 heterocycles. The molecule has 0 fully saturated rings. The molecule has 0 unspecified atom stereocenters. The van der Waals surface area contributed by atoms with E-state index in [4.69, 9.17) is 0 Å². The second kappa shape index (κ2) is 4.14. The monoisotopic (exact) mass is 223 g/mol. The zero-order chi connectivity index (χ0) is 10.7. The molecule has 6 heteroatoms. The highest BCUT2D eigenvalue weighted by molar-refractivity contribution is 7.10. The maximum atomic E-state index is 12.6. The second-order valence-electron chi connectivity index (χ2n) is 2.74. The number of aromatic nitrogens is 2. The summed E-state index contributed by atoms with van der Waals surface area (Å²) in [6.45, 7) is 0. The van der Waals surface area contributed by atoms with E-state index in [1.54, 1.807) is 0 Å². The van der Waals surface area contributed by atoms with Crippen LogP contribution >= 0.6 is 11.5 Å². The summed E-state index contributed by atoms with van der Waals surface area (Å²) in [6, 6.07) is 5.30. The summed E-state index contributed by atoms with van der Waals surface area (Å²) >= 11 is 1.08. The highest BCUT2D eigenvalue weighted by Crippen LogP contribution is 2.11. The first kappa shape index (κ1) is 9.72. The summed E-state index contributed by atoms with van der Waals surface area (Å²) in [4.78, 5) is 11.5. The van der Waals surface area contributed by atoms with E-state index in [2.05, 4.69) is 14.9 Å². The Morgan fingerprint density at radius 1 is 1.33 bits per heavy atom. The van der Waals surface area contributed by atoms with Gasteiger partial charge in [0.05, 0.1) is 6.20 Å². The van der Waals surface area contributed by atoms with Gasteiger partial charge in [-0.2, -0.15) is 0 Å². The van der Waals surface area contributed by atoms with Crippen LogP contribution in [0.4, 0.5) is 9.39 Å². The molecule has 0 saturated carbocycles. The fourth-order valence-corrected chi connectivity index (χ4v) is 1.42. The van der Waals surface area contributed by atoms with E-state index >= 15 is 0 Å². The first-order valence-corrected chi connectivity index (χ1v) is 4.87. The van der Waals surface area contributed by atoms with Crippen LogP contribution in [0.15, 0.2) is 30.5 Å². The van der Waals surface area contributed by atoms with Crippen LogP contribution in [0.2, 0.25) is 0 Å². The van der Waals surface area contributed by atoms with Gasteiger partial charge in [-0.3, -0.25) is 4.79 Å². The van der Waals surface area contributed by atoms with Crippen molar-refractivity contribution in [2.24, 2.45) is 0 Å². The zero-order valence-electron chi connectivity index (χ0n) is 7.48. The van der Waals surface area contributed by atoms with Gasteiger partial charge < -0.3 is 5.32 Å². The van der Waals surface area contributed by atoms with Gasteiger partial charge in [-0.15, -0.1) is 5.10 Å². The fraction of sp³-hybridized carbons (Fsp3) is 0. The van der Waals surface area contributed by atoms with Crippen molar-refractivity contribution in [1.29, 1.82) is 0 Å². The van der Waals surface area contributed by atoms with Crippen LogP contribution in [0.5, 0.6) is 0 Å². The Balaban J connectivity index is 2.11. The van der Waals surface area contributed by atoms with E-state index in [1.165, 1.54) is 30.5 Å². The quantitative estimate of drug-likeness (QED) is 0.846. The van der Waals surface area contributed by atoms with E-state index in [0.717, 1.165) is 11.5 Å². The molecule has 2 aromatic rings. The third-order valence-electron chi connectivity index (χ3n) is 1.70. The number of halogens is 1. The van der Waals surface area contributed by atoms with Crippen LogP contribution in [0.25, 0.3) is 0 Å². The summed E-state index contributed by atoms with van der Waals surface area (Å²) in [5.41, 5.74) is 0.393. The molecule has 1 N–H and O–H groups in total. The zero-order valence-corrected chi connectivity index (χ0v) is 8.29. The molecule has 1 amide bonds. The van der Waals surface area contributed by atoms with Gasteiger partial charge in [0.25, 0.3) is 5.91 Å². The Morgan fingerprint density at radius 3 is 2.67 bits per heavy atom. The van der Waals surface area contributed by atoms with Crippen LogP contribution < -0.4 is 5.32 Å². The number of carbonyl (C=O) groups is 1. The lowest BCUT2D eigenvalue weighted by Crippen LogP contribution is -2.10. The SMILES string of the molecule is O=C(Nc1cnns1)c1ccc(F)cc1. The van der Waals surface area contributed by atoms with Gasteiger partial charge in [0.2, 0.25) is 0 Å². The number of hydrogen-bond acceptors (Lipinski definition) is 4. The first-order valence-electron chi connectivity index (χ1n) is 4.10. The number of hydrogen-bond donors (Lipinski definition) is 1. The van der Waals surface area contributed by atoms with E-state index in [9.17, 15) is 9.18 Å². The topological polar surface area (TPSA) is 54.9 Å². The molecule has 0 saturated heterocycles. The van der Waals surface area contributed by atoms with Gasteiger partial charge in [0, 0.05) is 17.1 Å². The van der Waals surface area contributed by atoms with Gasteiger partial charge in [0.15, 0.2) is 0 Å². The summed E-state index contributed by atoms with van der Waals surface area (Å²) < 4.78 is 16.2. The van der Waals surface area contributed by atoms with Crippen molar-refractivity contribution in [1.82, 2.24) is 9.59 Å². The highest BCUT2D eigenvalue weighted by Gasteiger charge is 2.06. The van der Waals surface area contributed by atoms with Crippen molar-refractivity contribution in [3.05, 3.63) is 41.8 Å². The molecule has 2 rings (SSSR count). The number of benzene rings is 1. The summed E-state index contributed by atoms with van der Waals surface area (Å²) in [6.07, 6.45) is 1.45. The maximum absolute atomic E-state index is 12.6. The number of carbonyl (C=O) groups excluding carboxylic acids is 1. The molecule has 0 atom stereocenters. The predicted octanol–water partition coefficient (Wildman–Crippen LogP) is 1.93. The highest BCUT2D eigenvalue weighted by atomic mass is 32.1. The van der Waals surface area contributed by atoms with E-state index in [-0.39, 0.29) is 11.7 Å². The predicted molar refractivity (Wildman–Crippen MR) is 54.3 cm³/mol. The molecule has 0 aliphatic heterocycles. The Hall–Kier alpha value is -1.82. The maximum Gasteiger partial charge on any atom is 0.256 e. The molecule has 0 aliphatic rings. The molecule has 0 aliphatic carbocycles. The van der Waals surface area contributed by atoms with Crippen LogP contribution in [0, 0.1) is 5.82 Å². The number of rotatable bonds is 2. The van der Waals surface area contributed by atoms with E-state index < -0.39 is 0 Å². The molecule has 15 heavy (non-hydrogen) atoms. The normalized spacial score (nSPS) is 9.93. The molecule has 1 aromatic carbocycles. The number of amides is 1. The number of nitrogens with zero attached hydrogens (tertiary/aromatic N) is 2. The van der Waals surface area contributed by atoms with E-state index in [1.807, 2.05) is 0 Å². The van der Waals surface area contributed by atoms with Crippen LogP contribution in [-0.4, -0.2) is 15.5 Å². The minimum Gasteiger partial charge on any atom is -0.311 e. The molecular weight excluding hydrogens is 217 g/mol. The van der Waals surface area contributed by atoms with Crippen molar-refractivity contribution < 1.29 is 9.18 Å². The summed E-state index contributed by atoms with van der Waals surface area (Å²) in [5.74, 6) is -0.674. The van der Waals surface area contributed by atoms with Crippen LogP contribution in [0.1, 0.15) is 10.4 Å². The molecule has 0 radical (unpaired) electrons. The third-order valence-corrected chi connectivity index (χ3v) is 2.28. The Morgan fingerprint density at radius 2 is 2.07 bits per heavy atom. The molecule has 0 spiro atoms. The second-order valence-corrected chi connectivity index (χ2v) is 3.53. The van der Waals surface area contributed by atoms with Gasteiger partial charge in [-0.1, -0.05) is 4.49 Å². The van der Waals surface area contributed by atoms with Gasteiger partial charge in [-0.25, -0.2) is 4.39 Å². The molecule has 1 aromatic heterocycles.